The molecule has 1 amide bonds. The SMILES string of the molecule is CN(C)C(=O)CNC(=NCc1cccc(C(F)(F)F)c1)NCCc1ccc(Cl)nc1. The van der Waals surface area contributed by atoms with Crippen LogP contribution in [0.2, 0.25) is 5.15 Å². The highest BCUT2D eigenvalue weighted by molar-refractivity contribution is 6.29. The molecule has 0 atom stereocenters. The average molecular weight is 442 g/mol. The third-order valence-corrected chi connectivity index (χ3v) is 4.30. The number of likely N-dealkylation sites (N-methyl/N-ethyl adjacent to an activating group) is 1. The number of amides is 1. The number of nitrogens with one attached hydrogen (secondary N) is 2. The van der Waals surface area contributed by atoms with Crippen molar-refractivity contribution in [2.24, 2.45) is 4.99 Å². The normalized spacial score (nSPS) is 11.9. The molecule has 2 N–H and O–H groups in total. The molecule has 0 aliphatic heterocycles. The summed E-state index contributed by atoms with van der Waals surface area (Å²) in [5.74, 6) is 0.162. The van der Waals surface area contributed by atoms with Crippen LogP contribution in [0, 0.1) is 0 Å². The van der Waals surface area contributed by atoms with Crippen LogP contribution in [0.15, 0.2) is 47.6 Å². The van der Waals surface area contributed by atoms with Gasteiger partial charge in [0.15, 0.2) is 5.96 Å². The van der Waals surface area contributed by atoms with Gasteiger partial charge in [-0.3, -0.25) is 4.79 Å². The van der Waals surface area contributed by atoms with E-state index < -0.39 is 11.7 Å². The van der Waals surface area contributed by atoms with Gasteiger partial charge in [-0.1, -0.05) is 29.8 Å². The van der Waals surface area contributed by atoms with Crippen LogP contribution in [0.5, 0.6) is 0 Å². The topological polar surface area (TPSA) is 69.6 Å². The van der Waals surface area contributed by atoms with Crippen LogP contribution in [-0.2, 0) is 23.9 Å². The predicted molar refractivity (Wildman–Crippen MR) is 110 cm³/mol. The summed E-state index contributed by atoms with van der Waals surface area (Å²) in [5.41, 5.74) is 0.635. The van der Waals surface area contributed by atoms with Crippen molar-refractivity contribution < 1.29 is 18.0 Å². The van der Waals surface area contributed by atoms with Crippen LogP contribution in [-0.4, -0.2) is 48.9 Å². The Labute approximate surface area is 178 Å². The molecule has 6 nitrogen and oxygen atoms in total. The lowest BCUT2D eigenvalue weighted by molar-refractivity contribution is -0.137. The fraction of sp³-hybridized carbons (Fsp3) is 0.350. The predicted octanol–water partition coefficient (Wildman–Crippen LogP) is 3.12. The number of benzene rings is 1. The first kappa shape index (κ1) is 23.5. The second-order valence-electron chi connectivity index (χ2n) is 6.67. The van der Waals surface area contributed by atoms with Gasteiger partial charge in [0, 0.05) is 26.8 Å². The number of rotatable bonds is 7. The standard InChI is InChI=1S/C20H23ClF3N5O/c1-29(2)18(30)13-28-19(25-9-8-14-6-7-17(21)26-11-14)27-12-15-4-3-5-16(10-15)20(22,23)24/h3-7,10-11H,8-9,12-13H2,1-2H3,(H2,25,27,28). The van der Waals surface area contributed by atoms with Crippen molar-refractivity contribution in [3.05, 3.63) is 64.4 Å². The van der Waals surface area contributed by atoms with Gasteiger partial charge in [0.1, 0.15) is 5.15 Å². The Balaban J connectivity index is 2.04. The Kier molecular flexibility index (Phi) is 8.46. The lowest BCUT2D eigenvalue weighted by Gasteiger charge is -2.15. The molecule has 0 radical (unpaired) electrons. The van der Waals surface area contributed by atoms with E-state index in [4.69, 9.17) is 11.6 Å². The highest BCUT2D eigenvalue weighted by Crippen LogP contribution is 2.29. The molecule has 162 valence electrons. The van der Waals surface area contributed by atoms with E-state index in [1.807, 2.05) is 6.07 Å². The first-order valence-corrected chi connectivity index (χ1v) is 9.52. The van der Waals surface area contributed by atoms with Gasteiger partial charge in [0.05, 0.1) is 18.7 Å². The molecular weight excluding hydrogens is 419 g/mol. The molecule has 1 aromatic heterocycles. The van der Waals surface area contributed by atoms with E-state index in [-0.39, 0.29) is 19.0 Å². The van der Waals surface area contributed by atoms with Crippen molar-refractivity contribution in [1.82, 2.24) is 20.5 Å². The molecule has 2 rings (SSSR count). The van der Waals surface area contributed by atoms with E-state index in [1.165, 1.54) is 11.0 Å². The maximum absolute atomic E-state index is 12.9. The number of aliphatic imine (C=N–C) groups is 1. The summed E-state index contributed by atoms with van der Waals surface area (Å²) in [6.45, 7) is 0.510. The Morgan fingerprint density at radius 2 is 1.93 bits per heavy atom. The minimum absolute atomic E-state index is 0.00389. The van der Waals surface area contributed by atoms with Crippen molar-refractivity contribution in [3.8, 4) is 0 Å². The number of hydrogen-bond donors (Lipinski definition) is 2. The molecule has 0 spiro atoms. The minimum Gasteiger partial charge on any atom is -0.356 e. The van der Waals surface area contributed by atoms with Gasteiger partial charge in [-0.25, -0.2) is 9.98 Å². The van der Waals surface area contributed by atoms with Gasteiger partial charge in [0.2, 0.25) is 5.91 Å². The second-order valence-corrected chi connectivity index (χ2v) is 7.06. The van der Waals surface area contributed by atoms with E-state index in [9.17, 15) is 18.0 Å². The monoisotopic (exact) mass is 441 g/mol. The third kappa shape index (κ3) is 7.90. The Hall–Kier alpha value is -2.81. The molecule has 0 aliphatic rings. The number of aromatic nitrogens is 1. The van der Waals surface area contributed by atoms with E-state index in [0.29, 0.717) is 29.6 Å². The Bertz CT molecular complexity index is 869. The Morgan fingerprint density at radius 1 is 1.17 bits per heavy atom. The molecule has 0 saturated heterocycles. The maximum atomic E-state index is 12.9. The molecule has 10 heteroatoms. The lowest BCUT2D eigenvalue weighted by Crippen LogP contribution is -2.43. The van der Waals surface area contributed by atoms with Gasteiger partial charge in [-0.05, 0) is 35.7 Å². The highest BCUT2D eigenvalue weighted by Gasteiger charge is 2.30. The smallest absolute Gasteiger partial charge is 0.356 e. The second kappa shape index (κ2) is 10.8. The summed E-state index contributed by atoms with van der Waals surface area (Å²) in [5, 5.41) is 6.38. The summed E-state index contributed by atoms with van der Waals surface area (Å²) in [6, 6.07) is 8.52. The largest absolute Gasteiger partial charge is 0.416 e. The number of carbonyl (C=O) groups is 1. The van der Waals surface area contributed by atoms with Crippen molar-refractivity contribution in [2.75, 3.05) is 27.2 Å². The zero-order valence-corrected chi connectivity index (χ0v) is 17.4. The number of nitrogens with zero attached hydrogens (tertiary/aromatic N) is 3. The Morgan fingerprint density at radius 3 is 2.57 bits per heavy atom. The van der Waals surface area contributed by atoms with Crippen LogP contribution in [0.1, 0.15) is 16.7 Å². The zero-order valence-electron chi connectivity index (χ0n) is 16.6. The van der Waals surface area contributed by atoms with E-state index in [1.54, 1.807) is 32.4 Å². The summed E-state index contributed by atoms with van der Waals surface area (Å²) in [6.07, 6.45) is -2.13. The molecule has 0 saturated carbocycles. The fourth-order valence-electron chi connectivity index (χ4n) is 2.39. The third-order valence-electron chi connectivity index (χ3n) is 4.07. The fourth-order valence-corrected chi connectivity index (χ4v) is 2.50. The first-order valence-electron chi connectivity index (χ1n) is 9.14. The molecular formula is C20H23ClF3N5O. The number of halogens is 4. The highest BCUT2D eigenvalue weighted by atomic mass is 35.5. The van der Waals surface area contributed by atoms with E-state index >= 15 is 0 Å². The van der Waals surface area contributed by atoms with E-state index in [2.05, 4.69) is 20.6 Å². The number of pyridine rings is 1. The van der Waals surface area contributed by atoms with Crippen molar-refractivity contribution in [2.45, 2.75) is 19.1 Å². The van der Waals surface area contributed by atoms with Crippen LogP contribution < -0.4 is 10.6 Å². The van der Waals surface area contributed by atoms with Crippen molar-refractivity contribution in [1.29, 1.82) is 0 Å². The first-order chi connectivity index (χ1) is 14.1. The number of hydrogen-bond acceptors (Lipinski definition) is 3. The van der Waals surface area contributed by atoms with Gasteiger partial charge < -0.3 is 15.5 Å². The number of carbonyl (C=O) groups excluding carboxylic acids is 1. The summed E-state index contributed by atoms with van der Waals surface area (Å²) in [4.78, 5) is 21.6. The van der Waals surface area contributed by atoms with Gasteiger partial charge in [-0.15, -0.1) is 0 Å². The van der Waals surface area contributed by atoms with Gasteiger partial charge in [0.25, 0.3) is 0 Å². The molecule has 0 fully saturated rings. The van der Waals surface area contributed by atoms with Crippen LogP contribution in [0.3, 0.4) is 0 Å². The van der Waals surface area contributed by atoms with Crippen LogP contribution in [0.4, 0.5) is 13.2 Å². The van der Waals surface area contributed by atoms with Gasteiger partial charge in [-0.2, -0.15) is 13.2 Å². The lowest BCUT2D eigenvalue weighted by atomic mass is 10.1. The molecule has 1 aromatic carbocycles. The summed E-state index contributed by atoms with van der Waals surface area (Å²) in [7, 11) is 3.26. The van der Waals surface area contributed by atoms with Crippen molar-refractivity contribution in [3.63, 3.8) is 0 Å². The molecule has 0 unspecified atom stereocenters. The van der Waals surface area contributed by atoms with Crippen LogP contribution in [0.25, 0.3) is 0 Å². The van der Waals surface area contributed by atoms with E-state index in [0.717, 1.165) is 17.7 Å². The molecule has 0 bridgehead atoms. The summed E-state index contributed by atoms with van der Waals surface area (Å²) < 4.78 is 38.7. The van der Waals surface area contributed by atoms with Crippen molar-refractivity contribution >= 4 is 23.5 Å². The summed E-state index contributed by atoms with van der Waals surface area (Å²) >= 11 is 5.77. The van der Waals surface area contributed by atoms with Crippen LogP contribution >= 0.6 is 11.6 Å². The molecule has 0 aliphatic carbocycles. The average Bonchev–Trinajstić information content (AvgIpc) is 2.70. The van der Waals surface area contributed by atoms with Gasteiger partial charge >= 0.3 is 6.18 Å². The molecule has 2 aromatic rings. The molecule has 30 heavy (non-hydrogen) atoms. The zero-order chi connectivity index (χ0) is 22.1. The maximum Gasteiger partial charge on any atom is 0.416 e. The number of guanidine groups is 1. The molecule has 1 heterocycles. The number of alkyl halides is 3. The minimum atomic E-state index is -4.41. The quantitative estimate of drug-likeness (QED) is 0.393.